The van der Waals surface area contributed by atoms with E-state index in [9.17, 15) is 8.42 Å². The average molecular weight is 239 g/mol. The first-order valence-corrected chi connectivity index (χ1v) is 6.20. The first-order chi connectivity index (χ1) is 7.49. The second-order valence-corrected chi connectivity index (χ2v) is 5.55. The van der Waals surface area contributed by atoms with Crippen LogP contribution in [0.4, 0.5) is 5.69 Å². The van der Waals surface area contributed by atoms with Gasteiger partial charge in [0.1, 0.15) is 0 Å². The molecule has 0 aliphatic heterocycles. The van der Waals surface area contributed by atoms with Gasteiger partial charge in [-0.2, -0.15) is 12.7 Å². The summed E-state index contributed by atoms with van der Waals surface area (Å²) >= 11 is 0. The molecule has 2 rings (SSSR count). The second kappa shape index (κ2) is 3.80. The zero-order valence-corrected chi connectivity index (χ0v) is 9.88. The molecule has 0 aliphatic carbocycles. The average Bonchev–Trinajstić information content (AvgIpc) is 2.63. The predicted octanol–water partition coefficient (Wildman–Crippen LogP) is 1.39. The number of nitrogens with zero attached hydrogens (tertiary/aromatic N) is 1. The van der Waals surface area contributed by atoms with Crippen LogP contribution in [-0.2, 0) is 10.2 Å². The fourth-order valence-corrected chi connectivity index (χ4v) is 1.96. The van der Waals surface area contributed by atoms with Gasteiger partial charge < -0.3 is 4.98 Å². The number of nitrogens with one attached hydrogen (secondary N) is 2. The summed E-state index contributed by atoms with van der Waals surface area (Å²) in [5.74, 6) is 0. The molecule has 0 radical (unpaired) electrons. The van der Waals surface area contributed by atoms with Crippen molar-refractivity contribution in [1.29, 1.82) is 0 Å². The fraction of sp³-hybridized carbons (Fsp3) is 0.200. The Kier molecular flexibility index (Phi) is 2.61. The standard InChI is InChI=1S/C10H13N3O2S/c1-13(2)16(14,15)12-9-4-3-8-5-6-11-10(8)7-9/h3-7,11-12H,1-2H3. The Labute approximate surface area is 94.3 Å². The Hall–Kier alpha value is -1.53. The molecule has 1 heterocycles. The summed E-state index contributed by atoms with van der Waals surface area (Å²) in [6.07, 6.45) is 1.81. The van der Waals surface area contributed by atoms with E-state index in [-0.39, 0.29) is 0 Å². The molecule has 0 aliphatic rings. The van der Waals surface area contributed by atoms with Crippen molar-refractivity contribution in [2.45, 2.75) is 0 Å². The molecule has 0 bridgehead atoms. The highest BCUT2D eigenvalue weighted by Gasteiger charge is 2.12. The molecule has 0 saturated heterocycles. The van der Waals surface area contributed by atoms with Crippen LogP contribution in [-0.4, -0.2) is 31.8 Å². The number of H-pyrrole nitrogens is 1. The van der Waals surface area contributed by atoms with Crippen molar-refractivity contribution in [3.05, 3.63) is 30.5 Å². The van der Waals surface area contributed by atoms with Crippen molar-refractivity contribution in [1.82, 2.24) is 9.29 Å². The van der Waals surface area contributed by atoms with Gasteiger partial charge in [0.25, 0.3) is 0 Å². The van der Waals surface area contributed by atoms with Gasteiger partial charge in [0, 0.05) is 25.8 Å². The molecule has 0 fully saturated rings. The smallest absolute Gasteiger partial charge is 0.301 e. The van der Waals surface area contributed by atoms with Gasteiger partial charge in [0.2, 0.25) is 0 Å². The Bertz CT molecular complexity index is 601. The van der Waals surface area contributed by atoms with E-state index < -0.39 is 10.2 Å². The molecule has 0 atom stereocenters. The number of hydrogen-bond acceptors (Lipinski definition) is 2. The number of rotatable bonds is 3. The largest absolute Gasteiger partial charge is 0.361 e. The van der Waals surface area contributed by atoms with E-state index in [1.807, 2.05) is 18.3 Å². The first-order valence-electron chi connectivity index (χ1n) is 4.76. The van der Waals surface area contributed by atoms with Crippen molar-refractivity contribution >= 4 is 26.8 Å². The van der Waals surface area contributed by atoms with Crippen LogP contribution in [0, 0.1) is 0 Å². The van der Waals surface area contributed by atoms with Gasteiger partial charge in [-0.25, -0.2) is 0 Å². The van der Waals surface area contributed by atoms with E-state index in [4.69, 9.17) is 0 Å². The van der Waals surface area contributed by atoms with Gasteiger partial charge in [-0.15, -0.1) is 0 Å². The number of hydrogen-bond donors (Lipinski definition) is 2. The maximum Gasteiger partial charge on any atom is 0.301 e. The van der Waals surface area contributed by atoms with Crippen molar-refractivity contribution < 1.29 is 8.42 Å². The van der Waals surface area contributed by atoms with E-state index in [0.717, 1.165) is 15.2 Å². The minimum atomic E-state index is -3.43. The summed E-state index contributed by atoms with van der Waals surface area (Å²) < 4.78 is 26.8. The second-order valence-electron chi connectivity index (χ2n) is 3.67. The number of anilines is 1. The molecule has 2 aromatic rings. The maximum atomic E-state index is 11.6. The number of benzene rings is 1. The highest BCUT2D eigenvalue weighted by Crippen LogP contribution is 2.18. The molecule has 0 unspecified atom stereocenters. The normalized spacial score (nSPS) is 12.2. The van der Waals surface area contributed by atoms with Gasteiger partial charge in [-0.3, -0.25) is 4.72 Å². The molecule has 0 spiro atoms. The van der Waals surface area contributed by atoms with Crippen LogP contribution in [0.25, 0.3) is 10.9 Å². The number of aromatic nitrogens is 1. The summed E-state index contributed by atoms with van der Waals surface area (Å²) in [5.41, 5.74) is 1.45. The summed E-state index contributed by atoms with van der Waals surface area (Å²) in [4.78, 5) is 3.03. The van der Waals surface area contributed by atoms with Crippen molar-refractivity contribution in [2.24, 2.45) is 0 Å². The molecular formula is C10H13N3O2S. The number of aromatic amines is 1. The molecule has 0 amide bonds. The lowest BCUT2D eigenvalue weighted by Crippen LogP contribution is -2.28. The van der Waals surface area contributed by atoms with Crippen LogP contribution in [0.5, 0.6) is 0 Å². The van der Waals surface area contributed by atoms with Crippen molar-refractivity contribution in [3.8, 4) is 0 Å². The lowest BCUT2D eigenvalue weighted by atomic mass is 10.2. The highest BCUT2D eigenvalue weighted by molar-refractivity contribution is 7.90. The van der Waals surface area contributed by atoms with Crippen LogP contribution in [0.1, 0.15) is 0 Å². The van der Waals surface area contributed by atoms with Crippen LogP contribution in [0.15, 0.2) is 30.5 Å². The maximum absolute atomic E-state index is 11.6. The summed E-state index contributed by atoms with van der Waals surface area (Å²) in [7, 11) is -0.470. The lowest BCUT2D eigenvalue weighted by molar-refractivity contribution is 0.527. The Morgan fingerprint density at radius 1 is 1.25 bits per heavy atom. The van der Waals surface area contributed by atoms with E-state index in [1.54, 1.807) is 12.1 Å². The van der Waals surface area contributed by atoms with Gasteiger partial charge in [-0.05, 0) is 23.6 Å². The van der Waals surface area contributed by atoms with Crippen LogP contribution >= 0.6 is 0 Å². The summed E-state index contributed by atoms with van der Waals surface area (Å²) in [6.45, 7) is 0. The Morgan fingerprint density at radius 2 is 2.00 bits per heavy atom. The first kappa shape index (κ1) is 11.0. The van der Waals surface area contributed by atoms with E-state index in [2.05, 4.69) is 9.71 Å². The third kappa shape index (κ3) is 2.02. The quantitative estimate of drug-likeness (QED) is 0.850. The minimum absolute atomic E-state index is 0.545. The van der Waals surface area contributed by atoms with Crippen LogP contribution in [0.3, 0.4) is 0 Å². The monoisotopic (exact) mass is 239 g/mol. The van der Waals surface area contributed by atoms with E-state index in [1.165, 1.54) is 14.1 Å². The summed E-state index contributed by atoms with van der Waals surface area (Å²) in [5, 5.41) is 1.05. The summed E-state index contributed by atoms with van der Waals surface area (Å²) in [6, 6.07) is 7.28. The van der Waals surface area contributed by atoms with Gasteiger partial charge in [0.05, 0.1) is 5.69 Å². The molecule has 1 aromatic carbocycles. The van der Waals surface area contributed by atoms with Gasteiger partial charge in [-0.1, -0.05) is 6.07 Å². The molecule has 86 valence electrons. The van der Waals surface area contributed by atoms with Gasteiger partial charge >= 0.3 is 10.2 Å². The van der Waals surface area contributed by atoms with Gasteiger partial charge in [0.15, 0.2) is 0 Å². The SMILES string of the molecule is CN(C)S(=O)(=O)Nc1ccc2cc[nH]c2c1. The molecule has 6 heteroatoms. The Balaban J connectivity index is 2.34. The van der Waals surface area contributed by atoms with Crippen molar-refractivity contribution in [3.63, 3.8) is 0 Å². The highest BCUT2D eigenvalue weighted by atomic mass is 32.2. The lowest BCUT2D eigenvalue weighted by Gasteiger charge is -2.13. The number of fused-ring (bicyclic) bond motifs is 1. The Morgan fingerprint density at radius 3 is 2.69 bits per heavy atom. The zero-order valence-electron chi connectivity index (χ0n) is 9.06. The molecule has 0 saturated carbocycles. The molecule has 5 nitrogen and oxygen atoms in total. The third-order valence-electron chi connectivity index (χ3n) is 2.28. The molecular weight excluding hydrogens is 226 g/mol. The fourth-order valence-electron chi connectivity index (χ4n) is 1.35. The molecule has 1 aromatic heterocycles. The molecule has 2 N–H and O–H groups in total. The van der Waals surface area contributed by atoms with Crippen LogP contribution < -0.4 is 4.72 Å². The minimum Gasteiger partial charge on any atom is -0.361 e. The third-order valence-corrected chi connectivity index (χ3v) is 3.74. The topological polar surface area (TPSA) is 65.2 Å². The predicted molar refractivity (Wildman–Crippen MR) is 64.5 cm³/mol. The van der Waals surface area contributed by atoms with Crippen LogP contribution in [0.2, 0.25) is 0 Å². The van der Waals surface area contributed by atoms with Crippen molar-refractivity contribution in [2.75, 3.05) is 18.8 Å². The van der Waals surface area contributed by atoms with E-state index >= 15 is 0 Å². The zero-order chi connectivity index (χ0) is 11.8. The van der Waals surface area contributed by atoms with E-state index in [0.29, 0.717) is 5.69 Å². The molecule has 16 heavy (non-hydrogen) atoms.